The van der Waals surface area contributed by atoms with Crippen molar-refractivity contribution in [2.45, 2.75) is 43.9 Å². The zero-order chi connectivity index (χ0) is 22.3. The molecule has 2 N–H and O–H groups in total. The number of nitrogens with one attached hydrogen (secondary N) is 2. The standard InChI is InChI=1S/C25H36N4O2S/c1-2-28-13-15-29(16-14-28)12-6-11-26-24(30)20-9-10-22-21(18-20)27-25(31)23(32-22)17-19-7-4-3-5-8-19/h3-5,7-8,17,20-22H,2,6,9-16,18H2,1H3,(H,26,30)(H,27,31)/b23-17-. The van der Waals surface area contributed by atoms with Crippen molar-refractivity contribution in [3.8, 4) is 0 Å². The van der Waals surface area contributed by atoms with E-state index in [-0.39, 0.29) is 23.8 Å². The van der Waals surface area contributed by atoms with E-state index in [2.05, 4.69) is 27.4 Å². The van der Waals surface area contributed by atoms with Gasteiger partial charge < -0.3 is 20.4 Å². The second-order valence-electron chi connectivity index (χ2n) is 9.09. The van der Waals surface area contributed by atoms with E-state index in [1.54, 1.807) is 11.8 Å². The van der Waals surface area contributed by atoms with Crippen molar-refractivity contribution in [2.75, 3.05) is 45.8 Å². The molecule has 2 heterocycles. The average molecular weight is 457 g/mol. The number of fused-ring (bicyclic) bond motifs is 1. The summed E-state index contributed by atoms with van der Waals surface area (Å²) < 4.78 is 0. The molecule has 7 heteroatoms. The SMILES string of the molecule is CCN1CCN(CCCNC(=O)C2CCC3S/C(=C\c4ccccc4)C(=O)NC3C2)CC1. The van der Waals surface area contributed by atoms with E-state index >= 15 is 0 Å². The van der Waals surface area contributed by atoms with E-state index in [4.69, 9.17) is 0 Å². The van der Waals surface area contributed by atoms with Crippen molar-refractivity contribution in [2.24, 2.45) is 5.92 Å². The predicted molar refractivity (Wildman–Crippen MR) is 131 cm³/mol. The Labute approximate surface area is 196 Å². The van der Waals surface area contributed by atoms with Gasteiger partial charge in [0.1, 0.15) is 0 Å². The van der Waals surface area contributed by atoms with Crippen LogP contribution in [0.5, 0.6) is 0 Å². The Bertz CT molecular complexity index is 807. The molecular weight excluding hydrogens is 420 g/mol. The molecule has 0 aromatic heterocycles. The normalized spacial score (nSPS) is 28.2. The number of carbonyl (C=O) groups is 2. The first kappa shape index (κ1) is 23.3. The van der Waals surface area contributed by atoms with Gasteiger partial charge in [0.2, 0.25) is 5.91 Å². The van der Waals surface area contributed by atoms with Gasteiger partial charge in [0.25, 0.3) is 5.91 Å². The van der Waals surface area contributed by atoms with Gasteiger partial charge >= 0.3 is 0 Å². The monoisotopic (exact) mass is 456 g/mol. The number of hydrogen-bond donors (Lipinski definition) is 2. The topological polar surface area (TPSA) is 64.7 Å². The van der Waals surface area contributed by atoms with Crippen LogP contribution in [0.3, 0.4) is 0 Å². The van der Waals surface area contributed by atoms with Crippen molar-refractivity contribution in [3.05, 3.63) is 40.8 Å². The Morgan fingerprint density at radius 3 is 2.66 bits per heavy atom. The maximum absolute atomic E-state index is 12.7. The number of likely N-dealkylation sites (N-methyl/N-ethyl adjacent to an activating group) is 1. The highest BCUT2D eigenvalue weighted by molar-refractivity contribution is 8.04. The molecule has 0 bridgehead atoms. The van der Waals surface area contributed by atoms with Gasteiger partial charge in [0.15, 0.2) is 0 Å². The second kappa shape index (κ2) is 11.3. The van der Waals surface area contributed by atoms with Gasteiger partial charge in [-0.1, -0.05) is 37.3 Å². The lowest BCUT2D eigenvalue weighted by Gasteiger charge is -2.39. The molecule has 0 radical (unpaired) electrons. The van der Waals surface area contributed by atoms with E-state index in [0.29, 0.717) is 5.25 Å². The van der Waals surface area contributed by atoms with Crippen molar-refractivity contribution in [1.82, 2.24) is 20.4 Å². The first-order valence-electron chi connectivity index (χ1n) is 12.1. The van der Waals surface area contributed by atoms with Crippen molar-refractivity contribution in [1.29, 1.82) is 0 Å². The van der Waals surface area contributed by atoms with E-state index in [1.165, 1.54) is 0 Å². The Hall–Kier alpha value is -1.83. The molecule has 3 aliphatic rings. The van der Waals surface area contributed by atoms with Crippen LogP contribution in [-0.4, -0.2) is 78.7 Å². The number of hydrogen-bond acceptors (Lipinski definition) is 5. The van der Waals surface area contributed by atoms with Gasteiger partial charge in [-0.3, -0.25) is 9.59 Å². The lowest BCUT2D eigenvalue weighted by molar-refractivity contribution is -0.127. The van der Waals surface area contributed by atoms with E-state index in [1.807, 2.05) is 36.4 Å². The van der Waals surface area contributed by atoms with Gasteiger partial charge in [-0.2, -0.15) is 0 Å². The molecule has 3 unspecified atom stereocenters. The third-order valence-corrected chi connectivity index (χ3v) is 8.36. The molecule has 3 atom stereocenters. The minimum absolute atomic E-state index is 0.00454. The third-order valence-electron chi connectivity index (χ3n) is 6.94. The summed E-state index contributed by atoms with van der Waals surface area (Å²) >= 11 is 1.68. The van der Waals surface area contributed by atoms with Crippen molar-refractivity contribution in [3.63, 3.8) is 0 Å². The van der Waals surface area contributed by atoms with Gasteiger partial charge in [0, 0.05) is 49.9 Å². The number of rotatable bonds is 7. The van der Waals surface area contributed by atoms with Crippen molar-refractivity contribution < 1.29 is 9.59 Å². The summed E-state index contributed by atoms with van der Waals surface area (Å²) in [7, 11) is 0. The molecule has 3 fully saturated rings. The fourth-order valence-corrected chi connectivity index (χ4v) is 6.21. The van der Waals surface area contributed by atoms with Gasteiger partial charge in [-0.15, -0.1) is 11.8 Å². The highest BCUT2D eigenvalue weighted by Gasteiger charge is 2.39. The summed E-state index contributed by atoms with van der Waals surface area (Å²) in [5, 5.41) is 6.68. The summed E-state index contributed by atoms with van der Waals surface area (Å²) in [6.07, 6.45) is 5.57. The predicted octanol–water partition coefficient (Wildman–Crippen LogP) is 2.57. The van der Waals surface area contributed by atoms with Crippen molar-refractivity contribution >= 4 is 29.7 Å². The zero-order valence-corrected chi connectivity index (χ0v) is 19.9. The maximum Gasteiger partial charge on any atom is 0.257 e. The molecule has 1 aliphatic carbocycles. The summed E-state index contributed by atoms with van der Waals surface area (Å²) in [6, 6.07) is 10.1. The summed E-state index contributed by atoms with van der Waals surface area (Å²) in [5.41, 5.74) is 1.05. The largest absolute Gasteiger partial charge is 0.356 e. The molecule has 6 nitrogen and oxygen atoms in total. The molecule has 32 heavy (non-hydrogen) atoms. The lowest BCUT2D eigenvalue weighted by Crippen LogP contribution is -2.51. The van der Waals surface area contributed by atoms with Crippen LogP contribution in [0.2, 0.25) is 0 Å². The van der Waals surface area contributed by atoms with E-state index in [0.717, 1.165) is 82.0 Å². The van der Waals surface area contributed by atoms with Crippen LogP contribution in [0.4, 0.5) is 0 Å². The quantitative estimate of drug-likeness (QED) is 0.488. The van der Waals surface area contributed by atoms with Crippen LogP contribution in [0.25, 0.3) is 6.08 Å². The number of carbonyl (C=O) groups excluding carboxylic acids is 2. The number of amides is 2. The summed E-state index contributed by atoms with van der Waals surface area (Å²) in [6.45, 7) is 9.71. The smallest absolute Gasteiger partial charge is 0.257 e. The van der Waals surface area contributed by atoms with E-state index < -0.39 is 0 Å². The van der Waals surface area contributed by atoms with Crippen LogP contribution in [0, 0.1) is 5.92 Å². The lowest BCUT2D eigenvalue weighted by atomic mass is 9.84. The van der Waals surface area contributed by atoms with Crippen LogP contribution in [0.15, 0.2) is 35.2 Å². The Kier molecular flexibility index (Phi) is 8.27. The molecule has 1 aromatic rings. The molecule has 1 saturated carbocycles. The van der Waals surface area contributed by atoms with E-state index in [9.17, 15) is 9.59 Å². The maximum atomic E-state index is 12.7. The first-order valence-corrected chi connectivity index (χ1v) is 13.0. The summed E-state index contributed by atoms with van der Waals surface area (Å²) in [5.74, 6) is 0.151. The molecule has 0 spiro atoms. The summed E-state index contributed by atoms with van der Waals surface area (Å²) in [4.78, 5) is 31.1. The van der Waals surface area contributed by atoms with Crippen LogP contribution in [0.1, 0.15) is 38.2 Å². The Morgan fingerprint density at radius 1 is 1.16 bits per heavy atom. The zero-order valence-electron chi connectivity index (χ0n) is 19.1. The Morgan fingerprint density at radius 2 is 1.91 bits per heavy atom. The number of thioether (sulfide) groups is 1. The minimum Gasteiger partial charge on any atom is -0.356 e. The number of piperazine rings is 1. The Balaban J connectivity index is 1.19. The molecule has 2 saturated heterocycles. The molecular formula is C25H36N4O2S. The fraction of sp³-hybridized carbons (Fsp3) is 0.600. The molecule has 1 aromatic carbocycles. The van der Waals surface area contributed by atoms with Crippen LogP contribution < -0.4 is 10.6 Å². The molecule has 2 amide bonds. The first-order chi connectivity index (χ1) is 15.6. The number of nitrogens with zero attached hydrogens (tertiary/aromatic N) is 2. The second-order valence-corrected chi connectivity index (χ2v) is 10.4. The third kappa shape index (κ3) is 6.15. The number of benzene rings is 1. The fourth-order valence-electron chi connectivity index (χ4n) is 4.92. The van der Waals surface area contributed by atoms with Gasteiger partial charge in [-0.05, 0) is 50.4 Å². The minimum atomic E-state index is -0.00988. The molecule has 2 aliphatic heterocycles. The van der Waals surface area contributed by atoms with Gasteiger partial charge in [-0.25, -0.2) is 0 Å². The highest BCUT2D eigenvalue weighted by atomic mass is 32.2. The molecule has 4 rings (SSSR count). The highest BCUT2D eigenvalue weighted by Crippen LogP contribution is 2.39. The van der Waals surface area contributed by atoms with Crippen LogP contribution >= 0.6 is 11.8 Å². The van der Waals surface area contributed by atoms with Crippen LogP contribution in [-0.2, 0) is 9.59 Å². The van der Waals surface area contributed by atoms with Gasteiger partial charge in [0.05, 0.1) is 4.91 Å². The average Bonchev–Trinajstić information content (AvgIpc) is 2.83. The molecule has 174 valence electrons.